The molecular formula is C29H33F3N8O. The topological polar surface area (TPSA) is 84.1 Å². The van der Waals surface area contributed by atoms with E-state index in [0.717, 1.165) is 42.4 Å². The van der Waals surface area contributed by atoms with E-state index < -0.39 is 17.6 Å². The number of likely N-dealkylation sites (N-methyl/N-ethyl adjacent to an activating group) is 1. The number of alkyl halides is 3. The lowest BCUT2D eigenvalue weighted by Crippen LogP contribution is -2.30. The molecule has 1 fully saturated rings. The maximum atomic E-state index is 14.1. The highest BCUT2D eigenvalue weighted by molar-refractivity contribution is 6.05. The van der Waals surface area contributed by atoms with E-state index in [-0.39, 0.29) is 11.1 Å². The maximum Gasteiger partial charge on any atom is 0.416 e. The van der Waals surface area contributed by atoms with E-state index in [1.807, 2.05) is 38.9 Å². The molecule has 0 radical (unpaired) electrons. The number of rotatable bonds is 5. The molecule has 0 saturated carbocycles. The normalized spacial score (nSPS) is 14.8. The average molecular weight is 567 g/mol. The molecule has 0 unspecified atom stereocenters. The van der Waals surface area contributed by atoms with E-state index in [1.54, 1.807) is 40.0 Å². The lowest BCUT2D eigenvalue weighted by molar-refractivity contribution is -0.138. The minimum atomic E-state index is -4.59. The van der Waals surface area contributed by atoms with Crippen LogP contribution in [-0.2, 0) is 13.2 Å². The Hall–Kier alpha value is -4.19. The Balaban J connectivity index is 1.45. The summed E-state index contributed by atoms with van der Waals surface area (Å²) in [5, 5.41) is 15.6. The van der Waals surface area contributed by atoms with Gasteiger partial charge >= 0.3 is 6.18 Å². The van der Waals surface area contributed by atoms with Crippen LogP contribution >= 0.6 is 0 Å². The van der Waals surface area contributed by atoms with Gasteiger partial charge in [0.25, 0.3) is 5.91 Å². The molecular weight excluding hydrogens is 533 g/mol. The van der Waals surface area contributed by atoms with Crippen LogP contribution in [0.15, 0.2) is 42.7 Å². The fourth-order valence-electron chi connectivity index (χ4n) is 5.13. The van der Waals surface area contributed by atoms with Gasteiger partial charge in [-0.25, -0.2) is 4.68 Å². The number of aromatic nitrogens is 5. The Kier molecular flexibility index (Phi) is 7.60. The molecule has 1 saturated heterocycles. The second-order valence-electron chi connectivity index (χ2n) is 10.6. The highest BCUT2D eigenvalue weighted by Crippen LogP contribution is 2.37. The highest BCUT2D eigenvalue weighted by Gasteiger charge is 2.35. The number of amides is 1. The summed E-state index contributed by atoms with van der Waals surface area (Å²) in [5.41, 5.74) is 4.14. The summed E-state index contributed by atoms with van der Waals surface area (Å²) < 4.78 is 45.6. The van der Waals surface area contributed by atoms with Gasteiger partial charge in [0.15, 0.2) is 0 Å². The summed E-state index contributed by atoms with van der Waals surface area (Å²) in [7, 11) is 3.85. The molecule has 1 amide bonds. The lowest BCUT2D eigenvalue weighted by atomic mass is 10.00. The van der Waals surface area contributed by atoms with Crippen molar-refractivity contribution in [1.82, 2.24) is 29.7 Å². The van der Waals surface area contributed by atoms with Crippen LogP contribution in [0.3, 0.4) is 0 Å². The number of aryl methyl sites for hydroxylation is 2. The molecule has 0 bridgehead atoms. The van der Waals surface area contributed by atoms with Crippen molar-refractivity contribution in [1.29, 1.82) is 0 Å². The largest absolute Gasteiger partial charge is 0.416 e. The van der Waals surface area contributed by atoms with Crippen molar-refractivity contribution in [2.24, 2.45) is 7.05 Å². The molecule has 1 N–H and O–H groups in total. The number of anilines is 2. The van der Waals surface area contributed by atoms with E-state index in [4.69, 9.17) is 0 Å². The van der Waals surface area contributed by atoms with Crippen LogP contribution in [0, 0.1) is 20.8 Å². The van der Waals surface area contributed by atoms with Crippen molar-refractivity contribution in [3.8, 4) is 16.9 Å². The van der Waals surface area contributed by atoms with Gasteiger partial charge < -0.3 is 15.1 Å². The first-order chi connectivity index (χ1) is 19.4. The zero-order valence-corrected chi connectivity index (χ0v) is 23.7. The van der Waals surface area contributed by atoms with Crippen LogP contribution in [0.25, 0.3) is 16.9 Å². The van der Waals surface area contributed by atoms with Crippen molar-refractivity contribution < 1.29 is 18.0 Å². The molecule has 1 aliphatic heterocycles. The Morgan fingerprint density at radius 3 is 2.46 bits per heavy atom. The van der Waals surface area contributed by atoms with Crippen LogP contribution in [-0.4, -0.2) is 68.8 Å². The summed E-state index contributed by atoms with van der Waals surface area (Å²) in [6.07, 6.45) is -0.267. The molecule has 12 heteroatoms. The molecule has 0 atom stereocenters. The number of nitrogens with zero attached hydrogens (tertiary/aromatic N) is 7. The Morgan fingerprint density at radius 2 is 1.76 bits per heavy atom. The quantitative estimate of drug-likeness (QED) is 0.366. The number of nitrogens with one attached hydrogen (secondary N) is 1. The smallest absolute Gasteiger partial charge is 0.370 e. The third-order valence-corrected chi connectivity index (χ3v) is 7.73. The summed E-state index contributed by atoms with van der Waals surface area (Å²) in [4.78, 5) is 17.5. The van der Waals surface area contributed by atoms with Crippen molar-refractivity contribution in [2.75, 3.05) is 43.4 Å². The number of benzene rings is 2. The first kappa shape index (κ1) is 28.3. The number of carbonyl (C=O) groups excluding carboxylic acids is 1. The third-order valence-electron chi connectivity index (χ3n) is 7.73. The summed E-state index contributed by atoms with van der Waals surface area (Å²) in [6, 6.07) is 7.76. The summed E-state index contributed by atoms with van der Waals surface area (Å²) in [5.74, 6) is -0.622. The van der Waals surface area contributed by atoms with Gasteiger partial charge in [0.05, 0.1) is 23.6 Å². The van der Waals surface area contributed by atoms with Crippen LogP contribution in [0.4, 0.5) is 24.5 Å². The lowest BCUT2D eigenvalue weighted by Gasteiger charge is -2.27. The molecule has 1 aliphatic rings. The maximum absolute atomic E-state index is 14.1. The Labute approximate surface area is 236 Å². The predicted octanol–water partition coefficient (Wildman–Crippen LogP) is 5.01. The molecule has 2 aromatic heterocycles. The van der Waals surface area contributed by atoms with Gasteiger partial charge in [-0.1, -0.05) is 11.3 Å². The number of halogens is 3. The van der Waals surface area contributed by atoms with Gasteiger partial charge in [-0.3, -0.25) is 9.48 Å². The number of hydrogen-bond acceptors (Lipinski definition) is 6. The standard InChI is InChI=1S/C29H33F3N8O/c1-18-7-8-22(15-26(18)40-17-25(35-36-40)23-16-33-38(5)20(23)3)34-28(41)21-13-24(29(30,31)32)19(2)27(14-21)39-10-6-9-37(4)11-12-39/h7-8,13-17H,6,9-12H2,1-5H3,(H,34,41). The Bertz CT molecular complexity index is 1590. The van der Waals surface area contributed by atoms with Gasteiger partial charge in [-0.15, -0.1) is 5.10 Å². The Morgan fingerprint density at radius 1 is 0.976 bits per heavy atom. The molecule has 4 aromatic rings. The second kappa shape index (κ2) is 11.0. The monoisotopic (exact) mass is 566 g/mol. The molecule has 5 rings (SSSR count). The van der Waals surface area contributed by atoms with Gasteiger partial charge in [0, 0.05) is 54.9 Å². The fraction of sp³-hybridized carbons (Fsp3) is 0.379. The van der Waals surface area contributed by atoms with Crippen LogP contribution in [0.5, 0.6) is 0 Å². The van der Waals surface area contributed by atoms with Gasteiger partial charge in [0.1, 0.15) is 5.69 Å². The van der Waals surface area contributed by atoms with Crippen LogP contribution in [0.2, 0.25) is 0 Å². The molecule has 216 valence electrons. The average Bonchev–Trinajstić information content (AvgIpc) is 3.46. The number of carbonyl (C=O) groups is 1. The van der Waals surface area contributed by atoms with Crippen molar-refractivity contribution >= 4 is 17.3 Å². The molecule has 0 aliphatic carbocycles. The van der Waals surface area contributed by atoms with E-state index in [2.05, 4.69) is 25.6 Å². The van der Waals surface area contributed by atoms with Crippen molar-refractivity contribution in [3.63, 3.8) is 0 Å². The highest BCUT2D eigenvalue weighted by atomic mass is 19.4. The number of hydrogen-bond donors (Lipinski definition) is 1. The van der Waals surface area contributed by atoms with E-state index in [9.17, 15) is 18.0 Å². The van der Waals surface area contributed by atoms with Crippen LogP contribution < -0.4 is 10.2 Å². The third kappa shape index (κ3) is 5.83. The summed E-state index contributed by atoms with van der Waals surface area (Å²) in [6.45, 7) is 8.11. The van der Waals surface area contributed by atoms with Gasteiger partial charge in [-0.2, -0.15) is 18.3 Å². The molecule has 2 aromatic carbocycles. The minimum absolute atomic E-state index is 0.0484. The zero-order valence-electron chi connectivity index (χ0n) is 23.7. The molecule has 3 heterocycles. The second-order valence-corrected chi connectivity index (χ2v) is 10.6. The first-order valence-corrected chi connectivity index (χ1v) is 13.4. The zero-order chi connectivity index (χ0) is 29.5. The van der Waals surface area contributed by atoms with Crippen LogP contribution in [0.1, 0.15) is 39.2 Å². The summed E-state index contributed by atoms with van der Waals surface area (Å²) >= 11 is 0. The van der Waals surface area contributed by atoms with Gasteiger partial charge in [-0.05, 0) is 76.2 Å². The van der Waals surface area contributed by atoms with Crippen molar-refractivity contribution in [2.45, 2.75) is 33.4 Å². The predicted molar refractivity (Wildman–Crippen MR) is 151 cm³/mol. The van der Waals surface area contributed by atoms with E-state index >= 15 is 0 Å². The van der Waals surface area contributed by atoms with E-state index in [0.29, 0.717) is 35.8 Å². The van der Waals surface area contributed by atoms with E-state index in [1.165, 1.54) is 6.92 Å². The molecule has 0 spiro atoms. The first-order valence-electron chi connectivity index (χ1n) is 13.4. The molecule has 41 heavy (non-hydrogen) atoms. The SMILES string of the molecule is Cc1ccc(NC(=O)c2cc(N3CCCN(C)CC3)c(C)c(C(F)(F)F)c2)cc1-n1cc(-c2cnn(C)c2C)nn1. The van der Waals surface area contributed by atoms with Crippen molar-refractivity contribution in [3.05, 3.63) is 70.7 Å². The minimum Gasteiger partial charge on any atom is -0.370 e. The molecule has 9 nitrogen and oxygen atoms in total. The fourth-order valence-corrected chi connectivity index (χ4v) is 5.13. The van der Waals surface area contributed by atoms with Gasteiger partial charge in [0.2, 0.25) is 0 Å².